The molecule has 0 unspecified atom stereocenters. The predicted octanol–water partition coefficient (Wildman–Crippen LogP) is 15.8. The maximum Gasteiger partial charge on any atom is 0.151 e. The van der Waals surface area contributed by atoms with Gasteiger partial charge in [-0.2, -0.15) is 0 Å². The van der Waals surface area contributed by atoms with Crippen LogP contribution in [0.3, 0.4) is 0 Å². The van der Waals surface area contributed by atoms with Crippen molar-refractivity contribution in [3.63, 3.8) is 0 Å². The Kier molecular flexibility index (Phi) is 7.92. The zero-order valence-electron chi connectivity index (χ0n) is 35.6. The molecule has 0 atom stereocenters. The van der Waals surface area contributed by atoms with Crippen LogP contribution in [0.4, 0.5) is 17.1 Å². The van der Waals surface area contributed by atoms with Gasteiger partial charge >= 0.3 is 0 Å². The summed E-state index contributed by atoms with van der Waals surface area (Å²) in [6, 6.07) is 79.4. The maximum absolute atomic E-state index is 5.52. The molecule has 12 aromatic rings. The highest BCUT2D eigenvalue weighted by Gasteiger charge is 2.37. The van der Waals surface area contributed by atoms with Crippen molar-refractivity contribution in [3.8, 4) is 39.1 Å². The second-order valence-electron chi connectivity index (χ2n) is 17.6. The van der Waals surface area contributed by atoms with Gasteiger partial charge in [0.15, 0.2) is 5.65 Å². The van der Waals surface area contributed by atoms with Crippen molar-refractivity contribution in [3.05, 3.63) is 230 Å². The monoisotopic (exact) mass is 818 g/mol. The van der Waals surface area contributed by atoms with Crippen LogP contribution in [0, 0.1) is 0 Å². The zero-order chi connectivity index (χ0) is 42.5. The lowest BCUT2D eigenvalue weighted by molar-refractivity contribution is 0.660. The molecule has 0 N–H and O–H groups in total. The van der Waals surface area contributed by atoms with Crippen molar-refractivity contribution in [1.82, 2.24) is 14.0 Å². The van der Waals surface area contributed by atoms with Crippen LogP contribution in [0.15, 0.2) is 218 Å². The topological polar surface area (TPSA) is 25.5 Å². The van der Waals surface area contributed by atoms with Crippen molar-refractivity contribution in [1.29, 1.82) is 0 Å². The summed E-state index contributed by atoms with van der Waals surface area (Å²) in [4.78, 5) is 7.96. The SMILES string of the molecule is CC1(C)c2ccccc2-c2c(N(c3ccc(-c4ccccc4)cc3)c3ccc(-c4ccc5c(c4)c4nc6c7ccccc7c7ccccc7n6c4n5-c4ccccc4)cc3)cccc21. The first-order chi connectivity index (χ1) is 31.5. The average molecular weight is 819 g/mol. The van der Waals surface area contributed by atoms with E-state index in [9.17, 15) is 0 Å². The summed E-state index contributed by atoms with van der Waals surface area (Å²) in [6.45, 7) is 4.70. The van der Waals surface area contributed by atoms with Crippen LogP contribution in [0.2, 0.25) is 0 Å². The Hall–Kier alpha value is -8.21. The summed E-state index contributed by atoms with van der Waals surface area (Å²) in [6.07, 6.45) is 0. The summed E-state index contributed by atoms with van der Waals surface area (Å²) in [5.41, 5.74) is 19.7. The molecule has 0 fully saturated rings. The summed E-state index contributed by atoms with van der Waals surface area (Å²) in [5, 5.41) is 4.69. The molecule has 4 heteroatoms. The fourth-order valence-corrected chi connectivity index (χ4v) is 10.7. The Bertz CT molecular complexity index is 3780. The number of nitrogens with zero attached hydrogens (tertiary/aromatic N) is 4. The predicted molar refractivity (Wildman–Crippen MR) is 268 cm³/mol. The van der Waals surface area contributed by atoms with E-state index in [0.717, 1.165) is 66.8 Å². The highest BCUT2D eigenvalue weighted by molar-refractivity contribution is 6.17. The fourth-order valence-electron chi connectivity index (χ4n) is 10.7. The minimum absolute atomic E-state index is 0.112. The van der Waals surface area contributed by atoms with Gasteiger partial charge in [-0.05, 0) is 105 Å². The van der Waals surface area contributed by atoms with Gasteiger partial charge in [0, 0.05) is 44.2 Å². The maximum atomic E-state index is 5.52. The van der Waals surface area contributed by atoms with Gasteiger partial charge in [-0.25, -0.2) is 4.98 Å². The Balaban J connectivity index is 0.986. The molecule has 1 aliphatic carbocycles. The summed E-state index contributed by atoms with van der Waals surface area (Å²) < 4.78 is 4.76. The second kappa shape index (κ2) is 13.9. The number of imidazole rings is 1. The van der Waals surface area contributed by atoms with Crippen LogP contribution in [-0.4, -0.2) is 14.0 Å². The van der Waals surface area contributed by atoms with E-state index >= 15 is 0 Å². The first kappa shape index (κ1) is 36.4. The van der Waals surface area contributed by atoms with Crippen LogP contribution < -0.4 is 4.90 Å². The molecule has 0 amide bonds. The molecule has 0 saturated heterocycles. The number of benzene rings is 9. The number of hydrogen-bond donors (Lipinski definition) is 0. The number of aromatic nitrogens is 3. The molecule has 64 heavy (non-hydrogen) atoms. The molecular weight excluding hydrogens is 777 g/mol. The van der Waals surface area contributed by atoms with E-state index in [-0.39, 0.29) is 5.41 Å². The minimum Gasteiger partial charge on any atom is -0.310 e. The van der Waals surface area contributed by atoms with Crippen LogP contribution in [0.1, 0.15) is 25.0 Å². The van der Waals surface area contributed by atoms with Crippen LogP contribution in [0.25, 0.3) is 88.5 Å². The average Bonchev–Trinajstić information content (AvgIpc) is 3.98. The third kappa shape index (κ3) is 5.32. The number of hydrogen-bond acceptors (Lipinski definition) is 2. The minimum atomic E-state index is -0.112. The lowest BCUT2D eigenvalue weighted by atomic mass is 9.82. The van der Waals surface area contributed by atoms with Crippen molar-refractivity contribution in [2.24, 2.45) is 0 Å². The van der Waals surface area contributed by atoms with Gasteiger partial charge in [0.1, 0.15) is 11.2 Å². The lowest BCUT2D eigenvalue weighted by Gasteiger charge is -2.29. The van der Waals surface area contributed by atoms with Gasteiger partial charge in [-0.1, -0.05) is 172 Å². The van der Waals surface area contributed by atoms with Crippen LogP contribution in [-0.2, 0) is 5.41 Å². The van der Waals surface area contributed by atoms with Gasteiger partial charge < -0.3 is 4.90 Å². The number of para-hydroxylation sites is 2. The molecule has 4 nitrogen and oxygen atoms in total. The third-order valence-corrected chi connectivity index (χ3v) is 13.7. The Morgan fingerprint density at radius 1 is 0.438 bits per heavy atom. The Labute approximate surface area is 371 Å². The molecule has 0 radical (unpaired) electrons. The number of rotatable bonds is 6. The lowest BCUT2D eigenvalue weighted by Crippen LogP contribution is -2.16. The first-order valence-corrected chi connectivity index (χ1v) is 22.1. The molecular formula is C60H42N4. The molecule has 0 aliphatic heterocycles. The number of fused-ring (bicyclic) bond motifs is 13. The smallest absolute Gasteiger partial charge is 0.151 e. The summed E-state index contributed by atoms with van der Waals surface area (Å²) >= 11 is 0. The fraction of sp³-hybridized carbons (Fsp3) is 0.0500. The molecule has 0 saturated carbocycles. The molecule has 302 valence electrons. The Morgan fingerprint density at radius 3 is 1.77 bits per heavy atom. The summed E-state index contributed by atoms with van der Waals surface area (Å²) in [7, 11) is 0. The molecule has 0 spiro atoms. The number of anilines is 3. The molecule has 9 aromatic carbocycles. The van der Waals surface area contributed by atoms with Gasteiger partial charge in [0.25, 0.3) is 0 Å². The van der Waals surface area contributed by atoms with Crippen molar-refractivity contribution in [2.45, 2.75) is 19.3 Å². The van der Waals surface area contributed by atoms with E-state index in [0.29, 0.717) is 0 Å². The van der Waals surface area contributed by atoms with E-state index in [1.807, 2.05) is 0 Å². The normalized spacial score (nSPS) is 13.0. The standard InChI is InChI=1S/C60H42N4/c1-60(2)51-24-13-11-23-49(51)56-52(60)25-15-27-55(56)62(44-33-28-40(29-34-44)39-16-5-3-6-17-39)45-35-30-41(31-36-45)42-32-37-54-50(38-42)57-59(63(54)43-18-7-4-8-19-43)64-53-26-14-12-21-47(53)46-20-9-10-22-48(46)58(64)61-57/h3-38H,1-2H3. The van der Waals surface area contributed by atoms with E-state index in [2.05, 4.69) is 246 Å². The van der Waals surface area contributed by atoms with Crippen molar-refractivity contribution < 1.29 is 0 Å². The number of pyridine rings is 1. The van der Waals surface area contributed by atoms with E-state index in [1.165, 1.54) is 49.8 Å². The highest BCUT2D eigenvalue weighted by Crippen LogP contribution is 2.54. The Morgan fingerprint density at radius 2 is 1.02 bits per heavy atom. The van der Waals surface area contributed by atoms with Crippen molar-refractivity contribution in [2.75, 3.05) is 4.90 Å². The van der Waals surface area contributed by atoms with Gasteiger partial charge in [-0.15, -0.1) is 0 Å². The van der Waals surface area contributed by atoms with E-state index < -0.39 is 0 Å². The molecule has 13 rings (SSSR count). The molecule has 3 heterocycles. The first-order valence-electron chi connectivity index (χ1n) is 22.1. The zero-order valence-corrected chi connectivity index (χ0v) is 35.6. The van der Waals surface area contributed by atoms with E-state index in [1.54, 1.807) is 0 Å². The van der Waals surface area contributed by atoms with E-state index in [4.69, 9.17) is 4.98 Å². The van der Waals surface area contributed by atoms with Crippen molar-refractivity contribution >= 4 is 66.5 Å². The van der Waals surface area contributed by atoms with Gasteiger partial charge in [0.05, 0.1) is 16.7 Å². The molecule has 3 aromatic heterocycles. The van der Waals surface area contributed by atoms with Gasteiger partial charge in [0.2, 0.25) is 0 Å². The highest BCUT2D eigenvalue weighted by atomic mass is 15.2. The quantitative estimate of drug-likeness (QED) is 0.156. The van der Waals surface area contributed by atoms with Crippen LogP contribution >= 0.6 is 0 Å². The second-order valence-corrected chi connectivity index (χ2v) is 17.6. The largest absolute Gasteiger partial charge is 0.310 e. The van der Waals surface area contributed by atoms with Gasteiger partial charge in [-0.3, -0.25) is 8.97 Å². The third-order valence-electron chi connectivity index (χ3n) is 13.7. The summed E-state index contributed by atoms with van der Waals surface area (Å²) in [5.74, 6) is 0. The molecule has 1 aliphatic rings. The molecule has 0 bridgehead atoms. The van der Waals surface area contributed by atoms with Crippen LogP contribution in [0.5, 0.6) is 0 Å².